The second-order valence-electron chi connectivity index (χ2n) is 4.18. The molecule has 0 saturated heterocycles. The molecule has 5 heteroatoms. The Hall–Kier alpha value is -0.420. The Morgan fingerprint density at radius 3 is 2.67 bits per heavy atom. The summed E-state index contributed by atoms with van der Waals surface area (Å²) in [7, 11) is 0. The Bertz CT molecular complexity index is 334. The molecule has 0 spiro atoms. The highest BCUT2D eigenvalue weighted by Gasteiger charge is 2.07. The summed E-state index contributed by atoms with van der Waals surface area (Å²) in [6.45, 7) is 2.92. The van der Waals surface area contributed by atoms with E-state index in [0.29, 0.717) is 17.6 Å². The van der Waals surface area contributed by atoms with Crippen molar-refractivity contribution in [1.29, 1.82) is 0 Å². The molecule has 1 aromatic rings. The zero-order valence-corrected chi connectivity index (χ0v) is 12.3. The van der Waals surface area contributed by atoms with E-state index in [4.69, 9.17) is 16.3 Å². The van der Waals surface area contributed by atoms with Gasteiger partial charge in [0.25, 0.3) is 0 Å². The number of halogens is 1. The maximum absolute atomic E-state index is 9.76. The van der Waals surface area contributed by atoms with Crippen LogP contribution in [0.2, 0.25) is 5.02 Å². The van der Waals surface area contributed by atoms with Gasteiger partial charge >= 0.3 is 0 Å². The average Bonchev–Trinajstić information content (AvgIpc) is 2.36. The van der Waals surface area contributed by atoms with Crippen LogP contribution in [0.15, 0.2) is 24.3 Å². The van der Waals surface area contributed by atoms with Crippen molar-refractivity contribution in [3.05, 3.63) is 29.3 Å². The number of rotatable bonds is 8. The van der Waals surface area contributed by atoms with Crippen LogP contribution in [0.3, 0.4) is 0 Å². The number of benzene rings is 1. The quantitative estimate of drug-likeness (QED) is 0.771. The van der Waals surface area contributed by atoms with Gasteiger partial charge in [0, 0.05) is 23.4 Å². The molecule has 0 aliphatic carbocycles. The van der Waals surface area contributed by atoms with Gasteiger partial charge < -0.3 is 15.2 Å². The van der Waals surface area contributed by atoms with E-state index in [2.05, 4.69) is 18.5 Å². The lowest BCUT2D eigenvalue weighted by Gasteiger charge is -2.16. The van der Waals surface area contributed by atoms with Gasteiger partial charge in [-0.15, -0.1) is 0 Å². The molecule has 0 heterocycles. The van der Waals surface area contributed by atoms with Crippen molar-refractivity contribution in [2.24, 2.45) is 0 Å². The van der Waals surface area contributed by atoms with Gasteiger partial charge in [0.2, 0.25) is 0 Å². The van der Waals surface area contributed by atoms with Crippen molar-refractivity contribution in [3.8, 4) is 5.75 Å². The number of aliphatic hydroxyl groups is 1. The standard InChI is InChI=1S/C13H20ClNO2S/c1-10(9-18-2)15-7-12(16)8-17-13-5-3-11(14)4-6-13/h3-6,10,12,15-16H,7-9H2,1-2H3. The summed E-state index contributed by atoms with van der Waals surface area (Å²) < 4.78 is 5.46. The third-order valence-corrected chi connectivity index (χ3v) is 3.46. The van der Waals surface area contributed by atoms with Gasteiger partial charge in [-0.2, -0.15) is 11.8 Å². The van der Waals surface area contributed by atoms with Crippen LogP contribution in [0.1, 0.15) is 6.92 Å². The molecule has 1 aromatic carbocycles. The number of ether oxygens (including phenoxy) is 1. The van der Waals surface area contributed by atoms with E-state index in [9.17, 15) is 5.11 Å². The second-order valence-corrected chi connectivity index (χ2v) is 5.53. The van der Waals surface area contributed by atoms with Gasteiger partial charge in [0.15, 0.2) is 0 Å². The second kappa shape index (κ2) is 8.64. The lowest BCUT2D eigenvalue weighted by Crippen LogP contribution is -2.37. The number of aliphatic hydroxyl groups excluding tert-OH is 1. The number of hydrogen-bond donors (Lipinski definition) is 2. The monoisotopic (exact) mass is 289 g/mol. The highest BCUT2D eigenvalue weighted by Crippen LogP contribution is 2.15. The first-order chi connectivity index (χ1) is 8.61. The maximum atomic E-state index is 9.76. The minimum atomic E-state index is -0.509. The van der Waals surface area contributed by atoms with E-state index >= 15 is 0 Å². The van der Waals surface area contributed by atoms with Crippen LogP contribution in [0.25, 0.3) is 0 Å². The van der Waals surface area contributed by atoms with Gasteiger partial charge in [0.05, 0.1) is 0 Å². The van der Waals surface area contributed by atoms with Crippen molar-refractivity contribution >= 4 is 23.4 Å². The molecule has 0 fully saturated rings. The molecule has 2 unspecified atom stereocenters. The SMILES string of the molecule is CSCC(C)NCC(O)COc1ccc(Cl)cc1. The Morgan fingerprint density at radius 1 is 1.39 bits per heavy atom. The summed E-state index contributed by atoms with van der Waals surface area (Å²) in [6.07, 6.45) is 1.56. The van der Waals surface area contributed by atoms with Crippen molar-refractivity contribution in [1.82, 2.24) is 5.32 Å². The van der Waals surface area contributed by atoms with Gasteiger partial charge in [0.1, 0.15) is 18.5 Å². The summed E-state index contributed by atoms with van der Waals surface area (Å²) in [6, 6.07) is 7.51. The van der Waals surface area contributed by atoms with Crippen LogP contribution in [0.5, 0.6) is 5.75 Å². The van der Waals surface area contributed by atoms with Crippen molar-refractivity contribution in [3.63, 3.8) is 0 Å². The van der Waals surface area contributed by atoms with Crippen molar-refractivity contribution in [2.45, 2.75) is 19.1 Å². The molecule has 2 atom stereocenters. The van der Waals surface area contributed by atoms with Gasteiger partial charge in [-0.05, 0) is 37.4 Å². The lowest BCUT2D eigenvalue weighted by atomic mass is 10.3. The van der Waals surface area contributed by atoms with E-state index in [0.717, 1.165) is 11.5 Å². The van der Waals surface area contributed by atoms with E-state index < -0.39 is 6.10 Å². The molecular weight excluding hydrogens is 270 g/mol. The molecule has 3 nitrogen and oxygen atoms in total. The zero-order chi connectivity index (χ0) is 13.4. The average molecular weight is 290 g/mol. The van der Waals surface area contributed by atoms with Crippen LogP contribution >= 0.6 is 23.4 Å². The van der Waals surface area contributed by atoms with Crippen LogP contribution < -0.4 is 10.1 Å². The van der Waals surface area contributed by atoms with Gasteiger partial charge in [-0.3, -0.25) is 0 Å². The molecule has 0 aliphatic rings. The molecule has 102 valence electrons. The molecule has 0 amide bonds. The van der Waals surface area contributed by atoms with Crippen molar-refractivity contribution in [2.75, 3.05) is 25.2 Å². The first kappa shape index (κ1) is 15.6. The van der Waals surface area contributed by atoms with E-state index in [1.165, 1.54) is 0 Å². The minimum Gasteiger partial charge on any atom is -0.491 e. The Balaban J connectivity index is 2.20. The lowest BCUT2D eigenvalue weighted by molar-refractivity contribution is 0.105. The first-order valence-corrected chi connectivity index (χ1v) is 7.67. The highest BCUT2D eigenvalue weighted by atomic mass is 35.5. The molecule has 0 bridgehead atoms. The fourth-order valence-corrected chi connectivity index (χ4v) is 2.17. The summed E-state index contributed by atoms with van der Waals surface area (Å²) in [5.74, 6) is 1.75. The predicted molar refractivity (Wildman–Crippen MR) is 78.8 cm³/mol. The zero-order valence-electron chi connectivity index (χ0n) is 10.7. The highest BCUT2D eigenvalue weighted by molar-refractivity contribution is 7.98. The molecule has 1 rings (SSSR count). The minimum absolute atomic E-state index is 0.278. The van der Waals surface area contributed by atoms with Crippen molar-refractivity contribution < 1.29 is 9.84 Å². The smallest absolute Gasteiger partial charge is 0.119 e. The topological polar surface area (TPSA) is 41.5 Å². The Labute approximate surface area is 118 Å². The van der Waals surface area contributed by atoms with Crippen LogP contribution in [0, 0.1) is 0 Å². The fraction of sp³-hybridized carbons (Fsp3) is 0.538. The van der Waals surface area contributed by atoms with Gasteiger partial charge in [-0.25, -0.2) is 0 Å². The molecule has 0 aromatic heterocycles. The van der Waals surface area contributed by atoms with E-state index in [1.807, 2.05) is 0 Å². The summed E-state index contributed by atoms with van der Waals surface area (Å²) >= 11 is 7.56. The largest absolute Gasteiger partial charge is 0.491 e. The first-order valence-electron chi connectivity index (χ1n) is 5.90. The number of hydrogen-bond acceptors (Lipinski definition) is 4. The molecule has 18 heavy (non-hydrogen) atoms. The van der Waals surface area contributed by atoms with Gasteiger partial charge in [-0.1, -0.05) is 11.6 Å². The summed E-state index contributed by atoms with van der Waals surface area (Å²) in [4.78, 5) is 0. The third-order valence-electron chi connectivity index (χ3n) is 2.37. The molecule has 0 saturated carbocycles. The predicted octanol–water partition coefficient (Wildman–Crippen LogP) is 2.42. The van der Waals surface area contributed by atoms with Crippen LogP contribution in [0.4, 0.5) is 0 Å². The molecule has 0 aliphatic heterocycles. The molecule has 2 N–H and O–H groups in total. The maximum Gasteiger partial charge on any atom is 0.119 e. The third kappa shape index (κ3) is 6.50. The van der Waals surface area contributed by atoms with Crippen LogP contribution in [-0.2, 0) is 0 Å². The normalized spacial score (nSPS) is 14.2. The number of thioether (sulfide) groups is 1. The molecular formula is C13H20ClNO2S. The Morgan fingerprint density at radius 2 is 2.06 bits per heavy atom. The fourth-order valence-electron chi connectivity index (χ4n) is 1.43. The number of nitrogens with one attached hydrogen (secondary N) is 1. The molecule has 0 radical (unpaired) electrons. The van der Waals surface area contributed by atoms with Crippen LogP contribution in [-0.4, -0.2) is 42.4 Å². The summed E-state index contributed by atoms with van der Waals surface area (Å²) in [5.41, 5.74) is 0. The van der Waals surface area contributed by atoms with E-state index in [-0.39, 0.29) is 6.61 Å². The Kier molecular flexibility index (Phi) is 7.51. The van der Waals surface area contributed by atoms with E-state index in [1.54, 1.807) is 36.0 Å². The summed E-state index contributed by atoms with van der Waals surface area (Å²) in [5, 5.41) is 13.7.